The Morgan fingerprint density at radius 1 is 1.38 bits per heavy atom. The van der Waals surface area contributed by atoms with E-state index in [0.29, 0.717) is 17.0 Å². The van der Waals surface area contributed by atoms with E-state index in [1.165, 1.54) is 6.07 Å². The third-order valence-electron chi connectivity index (χ3n) is 2.39. The average molecular weight is 221 g/mol. The zero-order valence-electron chi connectivity index (χ0n) is 9.07. The lowest BCUT2D eigenvalue weighted by molar-refractivity contribution is 0.158. The molecule has 3 nitrogen and oxygen atoms in total. The average Bonchev–Trinajstić information content (AvgIpc) is 2.71. The van der Waals surface area contributed by atoms with Crippen molar-refractivity contribution in [1.82, 2.24) is 5.16 Å². The van der Waals surface area contributed by atoms with Gasteiger partial charge in [0.15, 0.2) is 5.76 Å². The molecule has 4 heteroatoms. The van der Waals surface area contributed by atoms with Gasteiger partial charge in [-0.15, -0.1) is 0 Å². The van der Waals surface area contributed by atoms with Crippen LogP contribution in [0.3, 0.4) is 0 Å². The Balaban J connectivity index is 2.39. The SMILES string of the molecule is Cc1cc(-c2cc(C(C)O)on2)ccc1F. The van der Waals surface area contributed by atoms with Crippen molar-refractivity contribution in [2.75, 3.05) is 0 Å². The summed E-state index contributed by atoms with van der Waals surface area (Å²) >= 11 is 0. The summed E-state index contributed by atoms with van der Waals surface area (Å²) in [6.07, 6.45) is -0.692. The minimum atomic E-state index is -0.692. The third-order valence-corrected chi connectivity index (χ3v) is 2.39. The van der Waals surface area contributed by atoms with E-state index < -0.39 is 6.10 Å². The van der Waals surface area contributed by atoms with Crippen molar-refractivity contribution in [2.24, 2.45) is 0 Å². The lowest BCUT2D eigenvalue weighted by Gasteiger charge is -1.98. The van der Waals surface area contributed by atoms with E-state index in [0.717, 1.165) is 5.56 Å². The molecule has 84 valence electrons. The second-order valence-electron chi connectivity index (χ2n) is 3.75. The molecule has 0 spiro atoms. The first-order chi connectivity index (χ1) is 7.58. The number of benzene rings is 1. The Labute approximate surface area is 92.5 Å². The molecule has 1 aromatic heterocycles. The molecule has 0 aliphatic rings. The van der Waals surface area contributed by atoms with Crippen LogP contribution in [0.15, 0.2) is 28.8 Å². The summed E-state index contributed by atoms with van der Waals surface area (Å²) in [5, 5.41) is 13.1. The van der Waals surface area contributed by atoms with Crippen molar-refractivity contribution in [1.29, 1.82) is 0 Å². The summed E-state index contributed by atoms with van der Waals surface area (Å²) in [4.78, 5) is 0. The van der Waals surface area contributed by atoms with Gasteiger partial charge in [-0.05, 0) is 37.6 Å². The quantitative estimate of drug-likeness (QED) is 0.848. The Morgan fingerprint density at radius 3 is 2.69 bits per heavy atom. The largest absolute Gasteiger partial charge is 0.385 e. The maximum absolute atomic E-state index is 13.1. The van der Waals surface area contributed by atoms with E-state index in [4.69, 9.17) is 4.52 Å². The molecule has 0 radical (unpaired) electrons. The highest BCUT2D eigenvalue weighted by Gasteiger charge is 2.11. The molecule has 0 bridgehead atoms. The van der Waals surface area contributed by atoms with E-state index in [1.54, 1.807) is 32.0 Å². The fraction of sp³-hybridized carbons (Fsp3) is 0.250. The zero-order valence-corrected chi connectivity index (χ0v) is 9.07. The first-order valence-electron chi connectivity index (χ1n) is 4.99. The van der Waals surface area contributed by atoms with Gasteiger partial charge in [0.05, 0.1) is 0 Å². The van der Waals surface area contributed by atoms with Gasteiger partial charge >= 0.3 is 0 Å². The Hall–Kier alpha value is -1.68. The Morgan fingerprint density at radius 2 is 2.12 bits per heavy atom. The summed E-state index contributed by atoms with van der Waals surface area (Å²) in [6, 6.07) is 6.36. The molecule has 0 amide bonds. The number of aromatic nitrogens is 1. The number of hydrogen-bond donors (Lipinski definition) is 1. The van der Waals surface area contributed by atoms with Crippen LogP contribution in [-0.4, -0.2) is 10.3 Å². The van der Waals surface area contributed by atoms with Crippen LogP contribution in [0.25, 0.3) is 11.3 Å². The zero-order chi connectivity index (χ0) is 11.7. The van der Waals surface area contributed by atoms with E-state index in [1.807, 2.05) is 0 Å². The Kier molecular flexibility index (Phi) is 2.75. The first kappa shape index (κ1) is 10.8. The van der Waals surface area contributed by atoms with Gasteiger partial charge in [0, 0.05) is 11.6 Å². The van der Waals surface area contributed by atoms with Gasteiger partial charge < -0.3 is 9.63 Å². The normalized spacial score (nSPS) is 12.8. The summed E-state index contributed by atoms with van der Waals surface area (Å²) in [6.45, 7) is 3.29. The van der Waals surface area contributed by atoms with Crippen LogP contribution in [0.2, 0.25) is 0 Å². The standard InChI is InChI=1S/C12H12FNO2/c1-7-5-9(3-4-10(7)13)11-6-12(8(2)15)16-14-11/h3-6,8,15H,1-2H3. The minimum absolute atomic E-state index is 0.247. The van der Waals surface area contributed by atoms with Gasteiger partial charge in [-0.25, -0.2) is 4.39 Å². The second kappa shape index (κ2) is 4.06. The number of aryl methyl sites for hydroxylation is 1. The van der Waals surface area contributed by atoms with Crippen LogP contribution in [0, 0.1) is 12.7 Å². The summed E-state index contributed by atoms with van der Waals surface area (Å²) in [7, 11) is 0. The van der Waals surface area contributed by atoms with Crippen molar-refractivity contribution in [3.63, 3.8) is 0 Å². The van der Waals surface area contributed by atoms with Gasteiger partial charge in [-0.3, -0.25) is 0 Å². The number of nitrogens with zero attached hydrogens (tertiary/aromatic N) is 1. The van der Waals surface area contributed by atoms with Crippen molar-refractivity contribution in [3.05, 3.63) is 41.4 Å². The molecule has 1 atom stereocenters. The van der Waals surface area contributed by atoms with Gasteiger partial charge in [-0.1, -0.05) is 5.16 Å². The van der Waals surface area contributed by atoms with Crippen LogP contribution < -0.4 is 0 Å². The highest BCUT2D eigenvalue weighted by atomic mass is 19.1. The lowest BCUT2D eigenvalue weighted by Crippen LogP contribution is -1.86. The second-order valence-corrected chi connectivity index (χ2v) is 3.75. The molecular weight excluding hydrogens is 209 g/mol. The highest BCUT2D eigenvalue weighted by molar-refractivity contribution is 5.59. The lowest BCUT2D eigenvalue weighted by atomic mass is 10.1. The molecule has 1 unspecified atom stereocenters. The van der Waals surface area contributed by atoms with Gasteiger partial charge in [-0.2, -0.15) is 0 Å². The maximum atomic E-state index is 13.1. The molecule has 16 heavy (non-hydrogen) atoms. The smallest absolute Gasteiger partial charge is 0.165 e. The molecule has 0 saturated heterocycles. The van der Waals surface area contributed by atoms with Crippen LogP contribution in [0.4, 0.5) is 4.39 Å². The van der Waals surface area contributed by atoms with E-state index in [-0.39, 0.29) is 5.82 Å². The predicted octanol–water partition coefficient (Wildman–Crippen LogP) is 2.84. The van der Waals surface area contributed by atoms with E-state index in [2.05, 4.69) is 5.16 Å². The monoisotopic (exact) mass is 221 g/mol. The summed E-state index contributed by atoms with van der Waals surface area (Å²) < 4.78 is 18.0. The fourth-order valence-corrected chi connectivity index (χ4v) is 1.43. The Bertz CT molecular complexity index is 505. The summed E-state index contributed by atoms with van der Waals surface area (Å²) in [5.41, 5.74) is 1.92. The molecule has 2 rings (SSSR count). The molecule has 1 heterocycles. The topological polar surface area (TPSA) is 46.3 Å². The molecule has 0 fully saturated rings. The van der Waals surface area contributed by atoms with Crippen LogP contribution in [0.1, 0.15) is 24.4 Å². The number of hydrogen-bond acceptors (Lipinski definition) is 3. The van der Waals surface area contributed by atoms with Gasteiger partial charge in [0.25, 0.3) is 0 Å². The van der Waals surface area contributed by atoms with Gasteiger partial charge in [0.2, 0.25) is 0 Å². The maximum Gasteiger partial charge on any atom is 0.165 e. The molecule has 0 aliphatic heterocycles. The van der Waals surface area contributed by atoms with Crippen molar-refractivity contribution in [3.8, 4) is 11.3 Å². The van der Waals surface area contributed by atoms with E-state index in [9.17, 15) is 9.50 Å². The molecular formula is C12H12FNO2. The molecule has 1 N–H and O–H groups in total. The molecule has 0 saturated carbocycles. The summed E-state index contributed by atoms with van der Waals surface area (Å²) in [5.74, 6) is 0.153. The highest BCUT2D eigenvalue weighted by Crippen LogP contribution is 2.23. The predicted molar refractivity (Wildman–Crippen MR) is 57.3 cm³/mol. The molecule has 0 aliphatic carbocycles. The minimum Gasteiger partial charge on any atom is -0.385 e. The number of rotatable bonds is 2. The van der Waals surface area contributed by atoms with Crippen molar-refractivity contribution >= 4 is 0 Å². The number of aliphatic hydroxyl groups is 1. The first-order valence-corrected chi connectivity index (χ1v) is 4.99. The molecule has 1 aromatic carbocycles. The van der Waals surface area contributed by atoms with Gasteiger partial charge in [0.1, 0.15) is 17.6 Å². The number of aliphatic hydroxyl groups excluding tert-OH is 1. The number of halogens is 1. The van der Waals surface area contributed by atoms with Crippen LogP contribution in [0.5, 0.6) is 0 Å². The third kappa shape index (κ3) is 1.97. The fourth-order valence-electron chi connectivity index (χ4n) is 1.43. The van der Waals surface area contributed by atoms with Crippen LogP contribution >= 0.6 is 0 Å². The van der Waals surface area contributed by atoms with Crippen molar-refractivity contribution in [2.45, 2.75) is 20.0 Å². The van der Waals surface area contributed by atoms with Crippen LogP contribution in [-0.2, 0) is 0 Å². The van der Waals surface area contributed by atoms with Crippen molar-refractivity contribution < 1.29 is 14.0 Å². The van der Waals surface area contributed by atoms with E-state index >= 15 is 0 Å². The molecule has 2 aromatic rings.